The Bertz CT molecular complexity index is 1000. The third-order valence-electron chi connectivity index (χ3n) is 4.39. The summed E-state index contributed by atoms with van der Waals surface area (Å²) in [4.78, 5) is 24.6. The molecule has 0 aliphatic carbocycles. The number of ketones is 1. The van der Waals surface area contributed by atoms with Crippen LogP contribution in [-0.4, -0.2) is 31.3 Å². The Balaban J connectivity index is 2.19. The predicted octanol–water partition coefficient (Wildman–Crippen LogP) is 2.68. The number of rotatable bonds is 6. The van der Waals surface area contributed by atoms with E-state index in [9.17, 15) is 18.0 Å². The number of nitrogens with zero attached hydrogens (tertiary/aromatic N) is 1. The summed E-state index contributed by atoms with van der Waals surface area (Å²) in [5, 5.41) is 5.10. The molecule has 0 fully saturated rings. The van der Waals surface area contributed by atoms with E-state index in [1.165, 1.54) is 12.1 Å². The molecular weight excluding hydrogens is 368 g/mol. The van der Waals surface area contributed by atoms with Crippen molar-refractivity contribution in [1.29, 1.82) is 0 Å². The van der Waals surface area contributed by atoms with Crippen molar-refractivity contribution in [2.45, 2.75) is 45.6 Å². The van der Waals surface area contributed by atoms with Crippen molar-refractivity contribution in [2.24, 2.45) is 5.14 Å². The average molecular weight is 392 g/mol. The quantitative estimate of drug-likeness (QED) is 0.600. The number of hydrogen-bond donors (Lipinski definition) is 1. The molecule has 0 radical (unpaired) electrons. The first-order valence-corrected chi connectivity index (χ1v) is 10.00. The lowest BCUT2D eigenvalue weighted by Gasteiger charge is -2.13. The molecule has 0 amide bonds. The molecule has 7 nitrogen and oxygen atoms in total. The summed E-state index contributed by atoms with van der Waals surface area (Å²) in [6, 6.07) is 5.92. The maximum Gasteiger partial charge on any atom is 0.338 e. The first-order valence-electron chi connectivity index (χ1n) is 8.45. The molecule has 2 N–H and O–H groups in total. The van der Waals surface area contributed by atoms with Crippen molar-refractivity contribution in [1.82, 2.24) is 4.57 Å². The number of hydrogen-bond acceptors (Lipinski definition) is 5. The van der Waals surface area contributed by atoms with E-state index >= 15 is 0 Å². The summed E-state index contributed by atoms with van der Waals surface area (Å²) in [5.74, 6) is -1.09. The van der Waals surface area contributed by atoms with Gasteiger partial charge in [-0.05, 0) is 58.4 Å². The van der Waals surface area contributed by atoms with Crippen molar-refractivity contribution in [2.75, 3.05) is 6.61 Å². The van der Waals surface area contributed by atoms with E-state index in [1.54, 1.807) is 13.0 Å². The smallest absolute Gasteiger partial charge is 0.338 e. The van der Waals surface area contributed by atoms with Crippen LogP contribution in [0.25, 0.3) is 0 Å². The van der Waals surface area contributed by atoms with Crippen LogP contribution in [-0.2, 0) is 14.8 Å². The van der Waals surface area contributed by atoms with Crippen molar-refractivity contribution in [3.8, 4) is 0 Å². The SMILES string of the molecule is Cc1ccc(S(N)(=O)=O)cc1C(=O)OCC(=O)c1cc(C)n(C(C)C)c1C. The molecule has 1 heterocycles. The molecule has 0 saturated heterocycles. The fraction of sp³-hybridized carbons (Fsp3) is 0.368. The highest BCUT2D eigenvalue weighted by atomic mass is 32.2. The molecular formula is C19H24N2O5S. The van der Waals surface area contributed by atoms with Crippen LogP contribution >= 0.6 is 0 Å². The lowest BCUT2D eigenvalue weighted by molar-refractivity contribution is 0.0473. The standard InChI is InChI=1S/C19H24N2O5S/c1-11(2)21-13(4)8-17(14(21)5)18(22)10-26-19(23)16-9-15(27(20,24)25)7-6-12(16)3/h6-9,11H,10H2,1-5H3,(H2,20,24,25). The number of esters is 1. The molecule has 146 valence electrons. The number of primary sulfonamides is 1. The van der Waals surface area contributed by atoms with Crippen molar-refractivity contribution >= 4 is 21.8 Å². The van der Waals surface area contributed by atoms with Gasteiger partial charge >= 0.3 is 5.97 Å². The van der Waals surface area contributed by atoms with Gasteiger partial charge in [0.15, 0.2) is 6.61 Å². The zero-order chi connectivity index (χ0) is 20.5. The number of benzene rings is 1. The van der Waals surface area contributed by atoms with Gasteiger partial charge in [0, 0.05) is 23.0 Å². The highest BCUT2D eigenvalue weighted by Gasteiger charge is 2.20. The van der Waals surface area contributed by atoms with Gasteiger partial charge in [-0.3, -0.25) is 4.79 Å². The summed E-state index contributed by atoms with van der Waals surface area (Å²) < 4.78 is 30.1. The first kappa shape index (κ1) is 20.9. The van der Waals surface area contributed by atoms with E-state index in [4.69, 9.17) is 9.88 Å². The van der Waals surface area contributed by atoms with E-state index in [-0.39, 0.29) is 22.3 Å². The van der Waals surface area contributed by atoms with Gasteiger partial charge < -0.3 is 9.30 Å². The minimum Gasteiger partial charge on any atom is -0.454 e. The molecule has 0 aliphatic rings. The van der Waals surface area contributed by atoms with E-state index in [0.29, 0.717) is 11.1 Å². The largest absolute Gasteiger partial charge is 0.454 e. The Morgan fingerprint density at radius 1 is 1.11 bits per heavy atom. The number of Topliss-reactive ketones (excluding diaryl/α,β-unsaturated/α-hetero) is 1. The van der Waals surface area contributed by atoms with Gasteiger partial charge in [-0.25, -0.2) is 18.4 Å². The third-order valence-corrected chi connectivity index (χ3v) is 5.30. The van der Waals surface area contributed by atoms with Gasteiger partial charge in [0.1, 0.15) is 0 Å². The second-order valence-electron chi connectivity index (χ2n) is 6.77. The zero-order valence-corrected chi connectivity index (χ0v) is 16.9. The molecule has 0 bridgehead atoms. The lowest BCUT2D eigenvalue weighted by atomic mass is 10.1. The fourth-order valence-electron chi connectivity index (χ4n) is 3.14. The van der Waals surface area contributed by atoms with Gasteiger partial charge in [0.2, 0.25) is 15.8 Å². The summed E-state index contributed by atoms with van der Waals surface area (Å²) in [6.45, 7) is 9.02. The molecule has 1 aromatic heterocycles. The number of carbonyl (C=O) groups excluding carboxylic acids is 2. The van der Waals surface area contributed by atoms with Crippen molar-refractivity contribution in [3.63, 3.8) is 0 Å². The average Bonchev–Trinajstić information content (AvgIpc) is 2.86. The van der Waals surface area contributed by atoms with E-state index in [0.717, 1.165) is 17.5 Å². The molecule has 0 spiro atoms. The van der Waals surface area contributed by atoms with Crippen LogP contribution < -0.4 is 5.14 Å². The lowest BCUT2D eigenvalue weighted by Crippen LogP contribution is -2.17. The van der Waals surface area contributed by atoms with Gasteiger partial charge in [0.05, 0.1) is 10.5 Å². The predicted molar refractivity (Wildman–Crippen MR) is 101 cm³/mol. The Morgan fingerprint density at radius 3 is 2.26 bits per heavy atom. The van der Waals surface area contributed by atoms with E-state index in [1.807, 2.05) is 32.3 Å². The number of ether oxygens (including phenoxy) is 1. The summed E-state index contributed by atoms with van der Waals surface area (Å²) in [7, 11) is -3.94. The summed E-state index contributed by atoms with van der Waals surface area (Å²) >= 11 is 0. The molecule has 2 rings (SSSR count). The van der Waals surface area contributed by atoms with Gasteiger partial charge in [-0.1, -0.05) is 6.07 Å². The maximum absolute atomic E-state index is 12.5. The van der Waals surface area contributed by atoms with Crippen LogP contribution in [0.1, 0.15) is 57.6 Å². The minimum atomic E-state index is -3.94. The van der Waals surface area contributed by atoms with Crippen molar-refractivity contribution in [3.05, 3.63) is 52.3 Å². The van der Waals surface area contributed by atoms with E-state index < -0.39 is 22.6 Å². The third kappa shape index (κ3) is 4.45. The highest BCUT2D eigenvalue weighted by Crippen LogP contribution is 2.21. The van der Waals surface area contributed by atoms with Crippen LogP contribution in [0.5, 0.6) is 0 Å². The minimum absolute atomic E-state index is 0.0574. The summed E-state index contributed by atoms with van der Waals surface area (Å²) in [6.07, 6.45) is 0. The number of sulfonamides is 1. The molecule has 0 saturated carbocycles. The van der Waals surface area contributed by atoms with Crippen LogP contribution in [0, 0.1) is 20.8 Å². The molecule has 2 aromatic rings. The number of aromatic nitrogens is 1. The molecule has 0 aliphatic heterocycles. The summed E-state index contributed by atoms with van der Waals surface area (Å²) in [5.41, 5.74) is 2.86. The van der Waals surface area contributed by atoms with Crippen LogP contribution in [0.2, 0.25) is 0 Å². The van der Waals surface area contributed by atoms with Crippen LogP contribution in [0.3, 0.4) is 0 Å². The van der Waals surface area contributed by atoms with Crippen LogP contribution in [0.15, 0.2) is 29.2 Å². The molecule has 27 heavy (non-hydrogen) atoms. The molecule has 1 aromatic carbocycles. The Morgan fingerprint density at radius 2 is 1.74 bits per heavy atom. The van der Waals surface area contributed by atoms with Gasteiger partial charge in [-0.15, -0.1) is 0 Å². The zero-order valence-electron chi connectivity index (χ0n) is 16.1. The first-order chi connectivity index (χ1) is 12.4. The number of carbonyl (C=O) groups is 2. The maximum atomic E-state index is 12.5. The second kappa shape index (κ2) is 7.66. The Labute approximate surface area is 159 Å². The topological polar surface area (TPSA) is 108 Å². The monoisotopic (exact) mass is 392 g/mol. The van der Waals surface area contributed by atoms with Gasteiger partial charge in [-0.2, -0.15) is 0 Å². The van der Waals surface area contributed by atoms with Crippen molar-refractivity contribution < 1.29 is 22.7 Å². The molecule has 0 unspecified atom stereocenters. The Hall–Kier alpha value is -2.45. The number of aryl methyl sites for hydroxylation is 2. The molecule has 8 heteroatoms. The van der Waals surface area contributed by atoms with E-state index in [2.05, 4.69) is 0 Å². The Kier molecular flexibility index (Phi) is 5.91. The van der Waals surface area contributed by atoms with Gasteiger partial charge in [0.25, 0.3) is 0 Å². The normalized spacial score (nSPS) is 11.7. The fourth-order valence-corrected chi connectivity index (χ4v) is 3.68. The highest BCUT2D eigenvalue weighted by molar-refractivity contribution is 7.89. The number of nitrogens with two attached hydrogens (primary N) is 1. The van der Waals surface area contributed by atoms with Crippen LogP contribution in [0.4, 0.5) is 0 Å². The molecule has 0 atom stereocenters. The second-order valence-corrected chi connectivity index (χ2v) is 8.33.